The van der Waals surface area contributed by atoms with Crippen molar-refractivity contribution in [3.05, 3.63) is 60.2 Å². The molecule has 1 heterocycles. The van der Waals surface area contributed by atoms with Gasteiger partial charge in [-0.3, -0.25) is 0 Å². The van der Waals surface area contributed by atoms with E-state index in [4.69, 9.17) is 16.3 Å². The first kappa shape index (κ1) is 13.9. The van der Waals surface area contributed by atoms with E-state index in [-0.39, 0.29) is 11.7 Å². The van der Waals surface area contributed by atoms with Crippen LogP contribution in [0.4, 0.5) is 4.39 Å². The van der Waals surface area contributed by atoms with Crippen molar-refractivity contribution in [2.75, 3.05) is 6.61 Å². The van der Waals surface area contributed by atoms with Gasteiger partial charge in [0, 0.05) is 0 Å². The van der Waals surface area contributed by atoms with Gasteiger partial charge in [0.15, 0.2) is 0 Å². The SMILES string of the molecule is Fc1ccc2nc(CCl)n(CCOc3ccccc3)c2c1. The summed E-state index contributed by atoms with van der Waals surface area (Å²) in [5, 5.41) is 0. The highest BCUT2D eigenvalue weighted by Crippen LogP contribution is 2.19. The lowest BCUT2D eigenvalue weighted by Crippen LogP contribution is -2.10. The number of fused-ring (bicyclic) bond motifs is 1. The van der Waals surface area contributed by atoms with Gasteiger partial charge in [0.05, 0.1) is 23.5 Å². The number of benzene rings is 2. The zero-order valence-electron chi connectivity index (χ0n) is 11.3. The Bertz CT molecular complexity index is 743. The van der Waals surface area contributed by atoms with Crippen molar-refractivity contribution in [3.8, 4) is 5.75 Å². The minimum atomic E-state index is -0.284. The lowest BCUT2D eigenvalue weighted by molar-refractivity contribution is 0.298. The van der Waals surface area contributed by atoms with Crippen LogP contribution in [-0.2, 0) is 12.4 Å². The molecular weight excluding hydrogens is 291 g/mol. The predicted octanol–water partition coefficient (Wildman–Crippen LogP) is 3.99. The van der Waals surface area contributed by atoms with Crippen molar-refractivity contribution in [2.45, 2.75) is 12.4 Å². The number of nitrogens with zero attached hydrogens (tertiary/aromatic N) is 2. The highest BCUT2D eigenvalue weighted by Gasteiger charge is 2.10. The molecule has 108 valence electrons. The molecule has 0 saturated heterocycles. The molecule has 0 aliphatic carbocycles. The molecular formula is C16H14ClFN2O. The van der Waals surface area contributed by atoms with Crippen molar-refractivity contribution in [1.29, 1.82) is 0 Å². The minimum Gasteiger partial charge on any atom is -0.492 e. The van der Waals surface area contributed by atoms with E-state index in [1.165, 1.54) is 12.1 Å². The molecule has 0 radical (unpaired) electrons. The summed E-state index contributed by atoms with van der Waals surface area (Å²) in [6.07, 6.45) is 0. The van der Waals surface area contributed by atoms with Crippen LogP contribution in [0.25, 0.3) is 11.0 Å². The van der Waals surface area contributed by atoms with E-state index in [1.807, 2.05) is 34.9 Å². The molecule has 0 spiro atoms. The molecule has 0 fully saturated rings. The quantitative estimate of drug-likeness (QED) is 0.666. The van der Waals surface area contributed by atoms with E-state index < -0.39 is 0 Å². The highest BCUT2D eigenvalue weighted by atomic mass is 35.5. The van der Waals surface area contributed by atoms with E-state index in [0.29, 0.717) is 19.0 Å². The first-order valence-corrected chi connectivity index (χ1v) is 7.20. The average molecular weight is 305 g/mol. The van der Waals surface area contributed by atoms with Gasteiger partial charge in [0.2, 0.25) is 0 Å². The summed E-state index contributed by atoms with van der Waals surface area (Å²) in [5.74, 6) is 1.52. The fourth-order valence-electron chi connectivity index (χ4n) is 2.27. The Morgan fingerprint density at radius 1 is 1.14 bits per heavy atom. The second-order valence-electron chi connectivity index (χ2n) is 4.61. The van der Waals surface area contributed by atoms with Crippen LogP contribution in [-0.4, -0.2) is 16.2 Å². The van der Waals surface area contributed by atoms with E-state index in [0.717, 1.165) is 16.8 Å². The smallest absolute Gasteiger partial charge is 0.125 e. The molecule has 5 heteroatoms. The lowest BCUT2D eigenvalue weighted by Gasteiger charge is -2.09. The summed E-state index contributed by atoms with van der Waals surface area (Å²) >= 11 is 5.92. The van der Waals surface area contributed by atoms with Crippen molar-refractivity contribution in [3.63, 3.8) is 0 Å². The van der Waals surface area contributed by atoms with E-state index >= 15 is 0 Å². The van der Waals surface area contributed by atoms with Gasteiger partial charge in [0.25, 0.3) is 0 Å². The molecule has 0 saturated carbocycles. The molecule has 2 aromatic carbocycles. The number of para-hydroxylation sites is 1. The third-order valence-corrected chi connectivity index (χ3v) is 3.47. The monoisotopic (exact) mass is 304 g/mol. The Balaban J connectivity index is 1.80. The summed E-state index contributed by atoms with van der Waals surface area (Å²) in [4.78, 5) is 4.41. The maximum atomic E-state index is 13.4. The summed E-state index contributed by atoms with van der Waals surface area (Å²) in [6, 6.07) is 14.1. The fourth-order valence-corrected chi connectivity index (χ4v) is 2.47. The zero-order valence-corrected chi connectivity index (χ0v) is 12.1. The van der Waals surface area contributed by atoms with Gasteiger partial charge in [-0.05, 0) is 30.3 Å². The number of imidazole rings is 1. The van der Waals surface area contributed by atoms with Crippen LogP contribution in [0, 0.1) is 5.82 Å². The fraction of sp³-hybridized carbons (Fsp3) is 0.188. The molecule has 0 N–H and O–H groups in total. The normalized spacial score (nSPS) is 11.0. The first-order valence-electron chi connectivity index (χ1n) is 6.66. The Labute approximate surface area is 126 Å². The highest BCUT2D eigenvalue weighted by molar-refractivity contribution is 6.16. The Kier molecular flexibility index (Phi) is 4.06. The maximum absolute atomic E-state index is 13.4. The maximum Gasteiger partial charge on any atom is 0.125 e. The summed E-state index contributed by atoms with van der Waals surface area (Å²) < 4.78 is 21.0. The third kappa shape index (κ3) is 3.00. The van der Waals surface area contributed by atoms with Gasteiger partial charge in [-0.2, -0.15) is 0 Å². The van der Waals surface area contributed by atoms with Crippen LogP contribution in [0.2, 0.25) is 0 Å². The van der Waals surface area contributed by atoms with Gasteiger partial charge in [-0.25, -0.2) is 9.37 Å². The second-order valence-corrected chi connectivity index (χ2v) is 4.88. The molecule has 0 unspecified atom stereocenters. The average Bonchev–Trinajstić information content (AvgIpc) is 2.86. The molecule has 0 bridgehead atoms. The lowest BCUT2D eigenvalue weighted by atomic mass is 10.3. The molecule has 0 amide bonds. The Morgan fingerprint density at radius 2 is 1.95 bits per heavy atom. The molecule has 0 aliphatic heterocycles. The number of ether oxygens (including phenoxy) is 1. The topological polar surface area (TPSA) is 27.1 Å². The van der Waals surface area contributed by atoms with Gasteiger partial charge < -0.3 is 9.30 Å². The first-order chi connectivity index (χ1) is 10.3. The molecule has 3 nitrogen and oxygen atoms in total. The minimum absolute atomic E-state index is 0.279. The molecule has 0 atom stereocenters. The van der Waals surface area contributed by atoms with E-state index in [2.05, 4.69) is 4.98 Å². The number of hydrogen-bond acceptors (Lipinski definition) is 2. The van der Waals surface area contributed by atoms with Gasteiger partial charge in [0.1, 0.15) is 24.0 Å². The molecule has 21 heavy (non-hydrogen) atoms. The Hall–Kier alpha value is -2.07. The van der Waals surface area contributed by atoms with Crippen molar-refractivity contribution < 1.29 is 9.13 Å². The van der Waals surface area contributed by atoms with Crippen LogP contribution < -0.4 is 4.74 Å². The van der Waals surface area contributed by atoms with Crippen molar-refractivity contribution in [1.82, 2.24) is 9.55 Å². The van der Waals surface area contributed by atoms with Crippen LogP contribution in [0.3, 0.4) is 0 Å². The number of alkyl halides is 1. The van der Waals surface area contributed by atoms with Crippen molar-refractivity contribution in [2.24, 2.45) is 0 Å². The predicted molar refractivity (Wildman–Crippen MR) is 81.2 cm³/mol. The Morgan fingerprint density at radius 3 is 2.71 bits per heavy atom. The number of halogens is 2. The number of aromatic nitrogens is 2. The van der Waals surface area contributed by atoms with Gasteiger partial charge in [-0.15, -0.1) is 11.6 Å². The number of hydrogen-bond donors (Lipinski definition) is 0. The van der Waals surface area contributed by atoms with Gasteiger partial charge >= 0.3 is 0 Å². The molecule has 3 aromatic rings. The van der Waals surface area contributed by atoms with Crippen LogP contribution in [0.15, 0.2) is 48.5 Å². The summed E-state index contributed by atoms with van der Waals surface area (Å²) in [7, 11) is 0. The molecule has 3 rings (SSSR count). The summed E-state index contributed by atoms with van der Waals surface area (Å²) in [6.45, 7) is 1.03. The van der Waals surface area contributed by atoms with E-state index in [1.54, 1.807) is 6.07 Å². The van der Waals surface area contributed by atoms with Crippen LogP contribution >= 0.6 is 11.6 Å². The number of rotatable bonds is 5. The standard InChI is InChI=1S/C16H14ClFN2O/c17-11-16-19-14-7-6-12(18)10-15(14)20(16)8-9-21-13-4-2-1-3-5-13/h1-7,10H,8-9,11H2. The van der Waals surface area contributed by atoms with Gasteiger partial charge in [-0.1, -0.05) is 18.2 Å². The largest absolute Gasteiger partial charge is 0.492 e. The summed E-state index contributed by atoms with van der Waals surface area (Å²) in [5.41, 5.74) is 1.48. The zero-order chi connectivity index (χ0) is 14.7. The van der Waals surface area contributed by atoms with Crippen molar-refractivity contribution >= 4 is 22.6 Å². The molecule has 0 aliphatic rings. The molecule has 1 aromatic heterocycles. The third-order valence-electron chi connectivity index (χ3n) is 3.24. The van der Waals surface area contributed by atoms with Crippen LogP contribution in [0.1, 0.15) is 5.82 Å². The van der Waals surface area contributed by atoms with E-state index in [9.17, 15) is 4.39 Å². The van der Waals surface area contributed by atoms with Crippen LogP contribution in [0.5, 0.6) is 5.75 Å². The second kappa shape index (κ2) is 6.14.